The van der Waals surface area contributed by atoms with Crippen LogP contribution in [-0.4, -0.2) is 41.6 Å². The molecule has 130 valence electrons. The normalized spacial score (nSPS) is 18.0. The molecule has 1 saturated heterocycles. The highest BCUT2D eigenvalue weighted by molar-refractivity contribution is 7.19. The number of hydrogen-bond acceptors (Lipinski definition) is 7. The third-order valence-corrected chi connectivity index (χ3v) is 6.54. The average Bonchev–Trinajstić information content (AvgIpc) is 3.23. The summed E-state index contributed by atoms with van der Waals surface area (Å²) in [5.41, 5.74) is 6.71. The number of fused-ring (bicyclic) bond motifs is 1. The molecule has 6 nitrogen and oxygen atoms in total. The minimum absolute atomic E-state index is 0.327. The van der Waals surface area contributed by atoms with Crippen molar-refractivity contribution in [3.05, 3.63) is 28.0 Å². The van der Waals surface area contributed by atoms with Crippen LogP contribution in [-0.2, 0) is 4.79 Å². The van der Waals surface area contributed by atoms with Crippen molar-refractivity contribution in [2.45, 2.75) is 19.9 Å². The third-order valence-electron chi connectivity index (χ3n) is 4.57. The lowest BCUT2D eigenvalue weighted by Gasteiger charge is -2.33. The molecule has 1 aliphatic heterocycles. The number of amides is 1. The standard InChI is InChI=1S/C17H19N5OS2/c1-9-10(2)25-17-13(9)16(20-15(21-17)12-4-3-7-24-12)22-6-5-19-11(8-22)14(18)23/h3-4,7,11,19H,5-6,8H2,1-2H3,(H2,18,23). The molecule has 0 saturated carbocycles. The summed E-state index contributed by atoms with van der Waals surface area (Å²) in [6, 6.07) is 3.68. The van der Waals surface area contributed by atoms with Gasteiger partial charge in [0.1, 0.15) is 16.7 Å². The van der Waals surface area contributed by atoms with Crippen LogP contribution in [0.15, 0.2) is 17.5 Å². The van der Waals surface area contributed by atoms with E-state index in [-0.39, 0.29) is 11.9 Å². The van der Waals surface area contributed by atoms with Gasteiger partial charge in [-0.2, -0.15) is 0 Å². The molecule has 1 atom stereocenters. The van der Waals surface area contributed by atoms with E-state index in [0.717, 1.165) is 33.3 Å². The van der Waals surface area contributed by atoms with Crippen LogP contribution in [0.2, 0.25) is 0 Å². The van der Waals surface area contributed by atoms with Crippen LogP contribution in [0, 0.1) is 13.8 Å². The topological polar surface area (TPSA) is 84.1 Å². The summed E-state index contributed by atoms with van der Waals surface area (Å²) < 4.78 is 0. The molecule has 3 aromatic rings. The van der Waals surface area contributed by atoms with Crippen molar-refractivity contribution in [3.8, 4) is 10.7 Å². The maximum atomic E-state index is 11.6. The number of rotatable bonds is 3. The lowest BCUT2D eigenvalue weighted by molar-refractivity contribution is -0.120. The summed E-state index contributed by atoms with van der Waals surface area (Å²) in [5, 5.41) is 6.29. The Balaban J connectivity index is 1.87. The van der Waals surface area contributed by atoms with E-state index in [4.69, 9.17) is 15.7 Å². The fourth-order valence-electron chi connectivity index (χ4n) is 3.11. The first-order chi connectivity index (χ1) is 12.0. The summed E-state index contributed by atoms with van der Waals surface area (Å²) in [4.78, 5) is 26.8. The molecular weight excluding hydrogens is 354 g/mol. The molecule has 0 aromatic carbocycles. The minimum atomic E-state index is -0.357. The van der Waals surface area contributed by atoms with E-state index in [2.05, 4.69) is 24.1 Å². The molecule has 0 radical (unpaired) electrons. The largest absolute Gasteiger partial charge is 0.368 e. The van der Waals surface area contributed by atoms with Crippen molar-refractivity contribution in [3.63, 3.8) is 0 Å². The molecule has 0 spiro atoms. The van der Waals surface area contributed by atoms with Gasteiger partial charge >= 0.3 is 0 Å². The smallest absolute Gasteiger partial charge is 0.236 e. The lowest BCUT2D eigenvalue weighted by atomic mass is 10.1. The van der Waals surface area contributed by atoms with E-state index in [1.165, 1.54) is 10.4 Å². The van der Waals surface area contributed by atoms with Crippen molar-refractivity contribution >= 4 is 44.6 Å². The zero-order valence-electron chi connectivity index (χ0n) is 14.1. The maximum absolute atomic E-state index is 11.6. The highest BCUT2D eigenvalue weighted by Crippen LogP contribution is 2.37. The van der Waals surface area contributed by atoms with Crippen molar-refractivity contribution in [2.24, 2.45) is 5.73 Å². The maximum Gasteiger partial charge on any atom is 0.236 e. The Morgan fingerprint density at radius 1 is 1.40 bits per heavy atom. The van der Waals surface area contributed by atoms with Gasteiger partial charge in [0.15, 0.2) is 5.82 Å². The summed E-state index contributed by atoms with van der Waals surface area (Å²) in [6.07, 6.45) is 0. The van der Waals surface area contributed by atoms with E-state index in [1.807, 2.05) is 17.5 Å². The van der Waals surface area contributed by atoms with Gasteiger partial charge in [0.2, 0.25) is 5.91 Å². The summed E-state index contributed by atoms with van der Waals surface area (Å²) >= 11 is 3.33. The van der Waals surface area contributed by atoms with Crippen LogP contribution in [0.25, 0.3) is 20.9 Å². The molecule has 8 heteroatoms. The molecule has 25 heavy (non-hydrogen) atoms. The molecule has 4 rings (SSSR count). The van der Waals surface area contributed by atoms with Gasteiger partial charge in [-0.15, -0.1) is 22.7 Å². The van der Waals surface area contributed by atoms with Crippen molar-refractivity contribution in [1.29, 1.82) is 0 Å². The molecule has 4 heterocycles. The zero-order valence-corrected chi connectivity index (χ0v) is 15.7. The Hall–Kier alpha value is -2.03. The van der Waals surface area contributed by atoms with Crippen molar-refractivity contribution < 1.29 is 4.79 Å². The lowest BCUT2D eigenvalue weighted by Crippen LogP contribution is -2.56. The van der Waals surface area contributed by atoms with Gasteiger partial charge in [-0.1, -0.05) is 6.07 Å². The van der Waals surface area contributed by atoms with Crippen LogP contribution in [0.1, 0.15) is 10.4 Å². The van der Waals surface area contributed by atoms with Gasteiger partial charge in [0.25, 0.3) is 0 Å². The first kappa shape index (κ1) is 16.4. The highest BCUT2D eigenvalue weighted by Gasteiger charge is 2.27. The molecule has 1 unspecified atom stereocenters. The van der Waals surface area contributed by atoms with Crippen molar-refractivity contribution in [2.75, 3.05) is 24.5 Å². The SMILES string of the molecule is Cc1sc2nc(-c3cccs3)nc(N3CCNC(C(N)=O)C3)c2c1C. The number of aromatic nitrogens is 2. The van der Waals surface area contributed by atoms with E-state index < -0.39 is 0 Å². The summed E-state index contributed by atoms with van der Waals surface area (Å²) in [6.45, 7) is 6.24. The van der Waals surface area contributed by atoms with Gasteiger partial charge < -0.3 is 16.0 Å². The molecule has 1 fully saturated rings. The Kier molecular flexibility index (Phi) is 4.18. The first-order valence-corrected chi connectivity index (χ1v) is 9.83. The molecule has 0 bridgehead atoms. The van der Waals surface area contributed by atoms with Crippen molar-refractivity contribution in [1.82, 2.24) is 15.3 Å². The number of carbonyl (C=O) groups is 1. The van der Waals surface area contributed by atoms with Crippen LogP contribution in [0.5, 0.6) is 0 Å². The van der Waals surface area contributed by atoms with Gasteiger partial charge in [0, 0.05) is 24.5 Å². The predicted molar refractivity (Wildman–Crippen MR) is 103 cm³/mol. The van der Waals surface area contributed by atoms with Crippen LogP contribution in [0.4, 0.5) is 5.82 Å². The number of carbonyl (C=O) groups excluding carboxylic acids is 1. The quantitative estimate of drug-likeness (QED) is 0.736. The number of thiophene rings is 2. The number of nitrogens with one attached hydrogen (secondary N) is 1. The molecular formula is C17H19N5OS2. The molecule has 1 amide bonds. The number of nitrogens with two attached hydrogens (primary N) is 1. The number of hydrogen-bond donors (Lipinski definition) is 2. The number of primary amides is 1. The van der Waals surface area contributed by atoms with Gasteiger partial charge in [-0.25, -0.2) is 9.97 Å². The highest BCUT2D eigenvalue weighted by atomic mass is 32.1. The molecule has 3 N–H and O–H groups in total. The zero-order chi connectivity index (χ0) is 17.6. The summed E-state index contributed by atoms with van der Waals surface area (Å²) in [7, 11) is 0. The molecule has 1 aliphatic rings. The van der Waals surface area contributed by atoms with Crippen LogP contribution in [0.3, 0.4) is 0 Å². The second kappa shape index (κ2) is 6.36. The minimum Gasteiger partial charge on any atom is -0.368 e. The third kappa shape index (κ3) is 2.90. The number of anilines is 1. The van der Waals surface area contributed by atoms with Crippen LogP contribution >= 0.6 is 22.7 Å². The Morgan fingerprint density at radius 3 is 2.96 bits per heavy atom. The monoisotopic (exact) mass is 373 g/mol. The second-order valence-electron chi connectivity index (χ2n) is 6.17. The Labute approximate surface area is 153 Å². The fourth-order valence-corrected chi connectivity index (χ4v) is 4.79. The number of nitrogens with zero attached hydrogens (tertiary/aromatic N) is 3. The average molecular weight is 374 g/mol. The van der Waals surface area contributed by atoms with Gasteiger partial charge in [0.05, 0.1) is 10.3 Å². The van der Waals surface area contributed by atoms with E-state index in [0.29, 0.717) is 13.1 Å². The summed E-state index contributed by atoms with van der Waals surface area (Å²) in [5.74, 6) is 1.32. The second-order valence-corrected chi connectivity index (χ2v) is 8.32. The molecule has 3 aromatic heterocycles. The Morgan fingerprint density at radius 2 is 2.24 bits per heavy atom. The first-order valence-electron chi connectivity index (χ1n) is 8.14. The Bertz CT molecular complexity index is 934. The van der Waals surface area contributed by atoms with E-state index >= 15 is 0 Å². The fraction of sp³-hybridized carbons (Fsp3) is 0.353. The molecule has 0 aliphatic carbocycles. The van der Waals surface area contributed by atoms with Crippen LogP contribution < -0.4 is 16.0 Å². The van der Waals surface area contributed by atoms with E-state index in [9.17, 15) is 4.79 Å². The van der Waals surface area contributed by atoms with Gasteiger partial charge in [-0.3, -0.25) is 4.79 Å². The van der Waals surface area contributed by atoms with E-state index in [1.54, 1.807) is 22.7 Å². The number of aryl methyl sites for hydroxylation is 2. The van der Waals surface area contributed by atoms with Gasteiger partial charge in [-0.05, 0) is 30.9 Å². The number of piperazine rings is 1. The predicted octanol–water partition coefficient (Wildman–Crippen LogP) is 2.30.